The number of rotatable bonds is 4. The summed E-state index contributed by atoms with van der Waals surface area (Å²) in [6.07, 6.45) is 1.18. The summed E-state index contributed by atoms with van der Waals surface area (Å²) in [7, 11) is -3.78. The van der Waals surface area contributed by atoms with Crippen molar-refractivity contribution in [2.24, 2.45) is 5.41 Å². The molecule has 3 fully saturated rings. The highest BCUT2D eigenvalue weighted by Gasteiger charge is 2.58. The Kier molecular flexibility index (Phi) is 4.36. The molecule has 2 saturated heterocycles. The van der Waals surface area contributed by atoms with Gasteiger partial charge in [0.25, 0.3) is 10.1 Å². The standard InChI is InChI=1S/C18H25NO5S/c1-13-5-7-15(8-6-13)25(21,22)23-12-18-9-14(10-18)19(11-18)16(20)24-17(2,3)4/h5-8,14H,9-12H2,1-4H3. The molecule has 1 amide bonds. The van der Waals surface area contributed by atoms with Crippen LogP contribution in [0, 0.1) is 12.3 Å². The molecule has 2 aliphatic heterocycles. The molecule has 0 aromatic heterocycles. The van der Waals surface area contributed by atoms with E-state index in [1.54, 1.807) is 29.2 Å². The van der Waals surface area contributed by atoms with Gasteiger partial charge in [0, 0.05) is 18.0 Å². The fourth-order valence-electron chi connectivity index (χ4n) is 3.45. The van der Waals surface area contributed by atoms with Crippen molar-refractivity contribution in [3.63, 3.8) is 0 Å². The van der Waals surface area contributed by atoms with Gasteiger partial charge in [-0.25, -0.2) is 4.79 Å². The molecule has 138 valence electrons. The quantitative estimate of drug-likeness (QED) is 0.765. The first-order valence-electron chi connectivity index (χ1n) is 8.46. The summed E-state index contributed by atoms with van der Waals surface area (Å²) in [5.41, 5.74) is 0.171. The molecule has 4 rings (SSSR count). The smallest absolute Gasteiger partial charge is 0.410 e. The van der Waals surface area contributed by atoms with Gasteiger partial charge in [0.05, 0.1) is 11.5 Å². The van der Waals surface area contributed by atoms with Crippen molar-refractivity contribution in [2.45, 2.75) is 57.1 Å². The zero-order valence-electron chi connectivity index (χ0n) is 15.1. The second-order valence-electron chi connectivity index (χ2n) is 8.20. The molecule has 0 N–H and O–H groups in total. The number of carbonyl (C=O) groups is 1. The number of carbonyl (C=O) groups excluding carboxylic acids is 1. The predicted octanol–water partition coefficient (Wildman–Crippen LogP) is 3.10. The molecule has 6 nitrogen and oxygen atoms in total. The predicted molar refractivity (Wildman–Crippen MR) is 92.7 cm³/mol. The highest BCUT2D eigenvalue weighted by molar-refractivity contribution is 7.86. The van der Waals surface area contributed by atoms with E-state index in [2.05, 4.69) is 0 Å². The highest BCUT2D eigenvalue weighted by Crippen LogP contribution is 2.52. The number of hydrogen-bond donors (Lipinski definition) is 0. The minimum atomic E-state index is -3.78. The van der Waals surface area contributed by atoms with E-state index in [4.69, 9.17) is 8.92 Å². The first-order chi connectivity index (χ1) is 11.5. The van der Waals surface area contributed by atoms with Gasteiger partial charge in [-0.1, -0.05) is 17.7 Å². The van der Waals surface area contributed by atoms with Crippen LogP contribution in [0.4, 0.5) is 4.79 Å². The molecule has 1 saturated carbocycles. The van der Waals surface area contributed by atoms with Crippen LogP contribution in [0.5, 0.6) is 0 Å². The third-order valence-electron chi connectivity index (χ3n) is 4.74. The lowest BCUT2D eigenvalue weighted by atomic mass is 9.71. The maximum Gasteiger partial charge on any atom is 0.410 e. The van der Waals surface area contributed by atoms with Crippen LogP contribution in [0.1, 0.15) is 39.2 Å². The minimum Gasteiger partial charge on any atom is -0.444 e. The average molecular weight is 367 g/mol. The molecule has 1 aliphatic carbocycles. The molecule has 0 spiro atoms. The molecular formula is C18H25NO5S. The summed E-state index contributed by atoms with van der Waals surface area (Å²) < 4.78 is 35.4. The van der Waals surface area contributed by atoms with Crippen LogP contribution in [0.15, 0.2) is 29.2 Å². The number of ether oxygens (including phenoxy) is 1. The Labute approximate surface area is 149 Å². The summed E-state index contributed by atoms with van der Waals surface area (Å²) in [5.74, 6) is 0. The van der Waals surface area contributed by atoms with Crippen molar-refractivity contribution < 1.29 is 22.1 Å². The van der Waals surface area contributed by atoms with E-state index in [9.17, 15) is 13.2 Å². The number of amides is 1. The SMILES string of the molecule is Cc1ccc(S(=O)(=O)OCC23CC(C2)N(C(=O)OC(C)(C)C)C3)cc1. The van der Waals surface area contributed by atoms with E-state index >= 15 is 0 Å². The van der Waals surface area contributed by atoms with Crippen molar-refractivity contribution in [3.05, 3.63) is 29.8 Å². The van der Waals surface area contributed by atoms with Crippen molar-refractivity contribution in [1.29, 1.82) is 0 Å². The molecule has 7 heteroatoms. The monoisotopic (exact) mass is 367 g/mol. The molecule has 0 atom stereocenters. The Morgan fingerprint density at radius 3 is 2.40 bits per heavy atom. The topological polar surface area (TPSA) is 72.9 Å². The van der Waals surface area contributed by atoms with E-state index < -0.39 is 15.7 Å². The van der Waals surface area contributed by atoms with E-state index in [0.717, 1.165) is 18.4 Å². The van der Waals surface area contributed by atoms with Gasteiger partial charge in [-0.2, -0.15) is 8.42 Å². The van der Waals surface area contributed by atoms with Crippen LogP contribution in [-0.4, -0.2) is 44.2 Å². The third-order valence-corrected chi connectivity index (χ3v) is 6.02. The van der Waals surface area contributed by atoms with E-state index in [1.165, 1.54) is 0 Å². The molecule has 2 bridgehead atoms. The Morgan fingerprint density at radius 2 is 1.84 bits per heavy atom. The lowest BCUT2D eigenvalue weighted by Gasteiger charge is -2.36. The molecule has 0 radical (unpaired) electrons. The minimum absolute atomic E-state index is 0.0962. The van der Waals surface area contributed by atoms with Gasteiger partial charge in [-0.3, -0.25) is 4.18 Å². The molecule has 1 aromatic carbocycles. The fourth-order valence-corrected chi connectivity index (χ4v) is 4.46. The normalized spacial score (nSPS) is 25.6. The maximum absolute atomic E-state index is 12.3. The maximum atomic E-state index is 12.3. The zero-order valence-corrected chi connectivity index (χ0v) is 15.9. The molecule has 2 heterocycles. The summed E-state index contributed by atoms with van der Waals surface area (Å²) in [6, 6.07) is 6.71. The third kappa shape index (κ3) is 3.82. The zero-order chi connectivity index (χ0) is 18.5. The van der Waals surface area contributed by atoms with Gasteiger partial charge >= 0.3 is 6.09 Å². The summed E-state index contributed by atoms with van der Waals surface area (Å²) in [4.78, 5) is 14.1. The second-order valence-corrected chi connectivity index (χ2v) is 9.82. The Bertz CT molecular complexity index is 758. The average Bonchev–Trinajstić information content (AvgIpc) is 3.00. The Hall–Kier alpha value is -1.60. The lowest BCUT2D eigenvalue weighted by molar-refractivity contribution is 0.0240. The largest absolute Gasteiger partial charge is 0.444 e. The van der Waals surface area contributed by atoms with Crippen LogP contribution in [0.25, 0.3) is 0 Å². The van der Waals surface area contributed by atoms with Crippen molar-refractivity contribution in [3.8, 4) is 0 Å². The van der Waals surface area contributed by atoms with Gasteiger partial charge in [0.2, 0.25) is 0 Å². The van der Waals surface area contributed by atoms with Gasteiger partial charge in [-0.05, 0) is 52.7 Å². The van der Waals surface area contributed by atoms with E-state index in [1.807, 2.05) is 27.7 Å². The van der Waals surface area contributed by atoms with Crippen LogP contribution in [0.3, 0.4) is 0 Å². The molecule has 0 unspecified atom stereocenters. The highest BCUT2D eigenvalue weighted by atomic mass is 32.2. The van der Waals surface area contributed by atoms with E-state index in [-0.39, 0.29) is 29.1 Å². The van der Waals surface area contributed by atoms with Crippen LogP contribution in [-0.2, 0) is 19.0 Å². The second kappa shape index (κ2) is 5.99. The molecule has 25 heavy (non-hydrogen) atoms. The van der Waals surface area contributed by atoms with Gasteiger partial charge in [-0.15, -0.1) is 0 Å². The van der Waals surface area contributed by atoms with Crippen LogP contribution in [0.2, 0.25) is 0 Å². The molecule has 3 aliphatic rings. The van der Waals surface area contributed by atoms with Crippen molar-refractivity contribution in [2.75, 3.05) is 13.2 Å². The summed E-state index contributed by atoms with van der Waals surface area (Å²) in [6.45, 7) is 7.97. The number of nitrogens with zero attached hydrogens (tertiary/aromatic N) is 1. The summed E-state index contributed by atoms with van der Waals surface area (Å²) >= 11 is 0. The molecule has 1 aromatic rings. The number of hydrogen-bond acceptors (Lipinski definition) is 5. The van der Waals surface area contributed by atoms with Crippen molar-refractivity contribution in [1.82, 2.24) is 4.90 Å². The van der Waals surface area contributed by atoms with E-state index in [0.29, 0.717) is 6.54 Å². The van der Waals surface area contributed by atoms with Crippen molar-refractivity contribution >= 4 is 16.2 Å². The van der Waals surface area contributed by atoms with Gasteiger partial charge in [0.15, 0.2) is 0 Å². The lowest BCUT2D eigenvalue weighted by Crippen LogP contribution is -2.40. The van der Waals surface area contributed by atoms with Crippen LogP contribution < -0.4 is 0 Å². The Morgan fingerprint density at radius 1 is 1.24 bits per heavy atom. The first-order valence-corrected chi connectivity index (χ1v) is 9.86. The number of fused-ring (bicyclic) bond motifs is 1. The number of benzene rings is 1. The Balaban J connectivity index is 1.60. The van der Waals surface area contributed by atoms with Gasteiger partial charge < -0.3 is 9.64 Å². The number of aryl methyl sites for hydroxylation is 1. The fraction of sp³-hybridized carbons (Fsp3) is 0.611. The first kappa shape index (κ1) is 18.2. The summed E-state index contributed by atoms with van der Waals surface area (Å²) in [5, 5.41) is 0. The van der Waals surface area contributed by atoms with Crippen LogP contribution >= 0.6 is 0 Å². The van der Waals surface area contributed by atoms with Gasteiger partial charge in [0.1, 0.15) is 5.60 Å². The molecular weight excluding hydrogens is 342 g/mol.